The maximum atomic E-state index is 14.3. The number of rotatable bonds is 6. The topological polar surface area (TPSA) is 37.7 Å². The van der Waals surface area contributed by atoms with E-state index in [4.69, 9.17) is 4.74 Å². The first-order valence-electron chi connectivity index (χ1n) is 15.3. The predicted octanol–water partition coefficient (Wildman–Crippen LogP) is 6.96. The van der Waals surface area contributed by atoms with Gasteiger partial charge in [-0.2, -0.15) is 0 Å². The second kappa shape index (κ2) is 11.0. The second-order valence-corrected chi connectivity index (χ2v) is 12.2. The molecule has 0 N–H and O–H groups in total. The Morgan fingerprint density at radius 2 is 1.48 bits per heavy atom. The van der Waals surface area contributed by atoms with Crippen molar-refractivity contribution >= 4 is 27.7 Å². The molecule has 2 aliphatic rings. The fourth-order valence-corrected chi connectivity index (χ4v) is 7.51. The molecule has 1 aromatic heterocycles. The first kappa shape index (κ1) is 26.9. The standard InChI is InChI=1S/C37H39N3O2/c1-25-22-39(23-26(2)42-25)24-33-29-13-7-8-15-31(29)37(41)40(20-19-27-11-5-4-6-12-27)36(33)28-17-18-35-32(21-28)30-14-9-10-16-34(30)38(35)3/h4-18,21,25-26,33,36H,19-20,22-24H2,1-3H3/t25?,26?,33-,36+/m0/s1. The number of aromatic nitrogens is 1. The molecule has 4 aromatic carbocycles. The van der Waals surface area contributed by atoms with Crippen LogP contribution in [0.25, 0.3) is 21.8 Å². The number of benzene rings is 4. The number of amides is 1. The lowest BCUT2D eigenvalue weighted by molar-refractivity contribution is -0.0713. The minimum absolute atomic E-state index is 0.0760. The highest BCUT2D eigenvalue weighted by molar-refractivity contribution is 6.08. The molecule has 5 heteroatoms. The van der Waals surface area contributed by atoms with E-state index >= 15 is 0 Å². The second-order valence-electron chi connectivity index (χ2n) is 12.2. The molecule has 0 aliphatic carbocycles. The number of aryl methyl sites for hydroxylation is 1. The number of para-hydroxylation sites is 1. The van der Waals surface area contributed by atoms with Gasteiger partial charge in [-0.25, -0.2) is 0 Å². The van der Waals surface area contributed by atoms with Crippen LogP contribution in [-0.4, -0.2) is 58.7 Å². The summed E-state index contributed by atoms with van der Waals surface area (Å²) < 4.78 is 8.37. The Hall–Kier alpha value is -3.93. The van der Waals surface area contributed by atoms with Crippen molar-refractivity contribution in [3.05, 3.63) is 119 Å². The zero-order chi connectivity index (χ0) is 28.8. The highest BCUT2D eigenvalue weighted by Gasteiger charge is 2.42. The van der Waals surface area contributed by atoms with E-state index in [1.807, 2.05) is 18.2 Å². The van der Waals surface area contributed by atoms with Gasteiger partial charge in [0.1, 0.15) is 0 Å². The fourth-order valence-electron chi connectivity index (χ4n) is 7.51. The van der Waals surface area contributed by atoms with Gasteiger partial charge in [-0.3, -0.25) is 9.69 Å². The first-order chi connectivity index (χ1) is 20.5. The Morgan fingerprint density at radius 3 is 2.29 bits per heavy atom. The van der Waals surface area contributed by atoms with Crippen molar-refractivity contribution in [3.8, 4) is 0 Å². The van der Waals surface area contributed by atoms with E-state index in [1.165, 1.54) is 32.9 Å². The fraction of sp³-hybridized carbons (Fsp3) is 0.324. The van der Waals surface area contributed by atoms with Crippen molar-refractivity contribution in [2.24, 2.45) is 7.05 Å². The number of fused-ring (bicyclic) bond motifs is 4. The first-order valence-corrected chi connectivity index (χ1v) is 15.3. The van der Waals surface area contributed by atoms with Crippen molar-refractivity contribution in [2.75, 3.05) is 26.2 Å². The summed E-state index contributed by atoms with van der Waals surface area (Å²) in [5.74, 6) is 0.268. The van der Waals surface area contributed by atoms with Crippen LogP contribution in [0, 0.1) is 0 Å². The molecule has 3 heterocycles. The largest absolute Gasteiger partial charge is 0.373 e. The summed E-state index contributed by atoms with van der Waals surface area (Å²) in [6.45, 7) is 7.68. The lowest BCUT2D eigenvalue weighted by atomic mass is 9.78. The minimum atomic E-state index is -0.0760. The van der Waals surface area contributed by atoms with Crippen molar-refractivity contribution in [1.29, 1.82) is 0 Å². The molecule has 1 saturated heterocycles. The maximum absolute atomic E-state index is 14.3. The predicted molar refractivity (Wildman–Crippen MR) is 170 cm³/mol. The van der Waals surface area contributed by atoms with Gasteiger partial charge in [-0.15, -0.1) is 0 Å². The van der Waals surface area contributed by atoms with Gasteiger partial charge in [-0.1, -0.05) is 72.8 Å². The average molecular weight is 558 g/mol. The van der Waals surface area contributed by atoms with Crippen molar-refractivity contribution in [3.63, 3.8) is 0 Å². The molecular weight excluding hydrogens is 518 g/mol. The third-order valence-corrected chi connectivity index (χ3v) is 9.28. The lowest BCUT2D eigenvalue weighted by Crippen LogP contribution is -2.50. The van der Waals surface area contributed by atoms with E-state index in [9.17, 15) is 4.79 Å². The number of carbonyl (C=O) groups excluding carboxylic acids is 1. The van der Waals surface area contributed by atoms with Crippen LogP contribution in [0.1, 0.15) is 52.9 Å². The summed E-state index contributed by atoms with van der Waals surface area (Å²) in [5, 5.41) is 2.50. The molecule has 0 radical (unpaired) electrons. The molecule has 42 heavy (non-hydrogen) atoms. The number of morpholine rings is 1. The summed E-state index contributed by atoms with van der Waals surface area (Å²) in [5.41, 5.74) is 6.89. The van der Waals surface area contributed by atoms with E-state index in [2.05, 4.69) is 114 Å². The Labute approximate surface area is 248 Å². The highest BCUT2D eigenvalue weighted by atomic mass is 16.5. The summed E-state index contributed by atoms with van der Waals surface area (Å²) in [6.07, 6.45) is 1.20. The summed E-state index contributed by atoms with van der Waals surface area (Å²) in [7, 11) is 2.14. The quantitative estimate of drug-likeness (QED) is 0.226. The van der Waals surface area contributed by atoms with Gasteiger partial charge < -0.3 is 14.2 Å². The lowest BCUT2D eigenvalue weighted by Gasteiger charge is -2.46. The molecule has 2 aliphatic heterocycles. The molecule has 1 amide bonds. The normalized spacial score (nSPS) is 23.0. The molecule has 2 unspecified atom stereocenters. The maximum Gasteiger partial charge on any atom is 0.254 e. The van der Waals surface area contributed by atoms with Crippen molar-refractivity contribution < 1.29 is 9.53 Å². The number of hydrogen-bond acceptors (Lipinski definition) is 3. The third kappa shape index (κ3) is 4.81. The molecule has 0 bridgehead atoms. The smallest absolute Gasteiger partial charge is 0.254 e. The van der Waals surface area contributed by atoms with Gasteiger partial charge in [0.2, 0.25) is 0 Å². The van der Waals surface area contributed by atoms with Gasteiger partial charge >= 0.3 is 0 Å². The molecule has 0 spiro atoms. The van der Waals surface area contributed by atoms with E-state index in [0.29, 0.717) is 6.54 Å². The van der Waals surface area contributed by atoms with E-state index in [-0.39, 0.29) is 30.1 Å². The highest BCUT2D eigenvalue weighted by Crippen LogP contribution is 2.44. The molecule has 0 saturated carbocycles. The van der Waals surface area contributed by atoms with Crippen LogP contribution < -0.4 is 0 Å². The van der Waals surface area contributed by atoms with E-state index in [1.54, 1.807) is 0 Å². The molecule has 7 rings (SSSR count). The zero-order valence-electron chi connectivity index (χ0n) is 24.7. The Bertz CT molecular complexity index is 1730. The van der Waals surface area contributed by atoms with Gasteiger partial charge in [-0.05, 0) is 61.2 Å². The molecule has 5 aromatic rings. The Kier molecular flexibility index (Phi) is 7.09. The summed E-state index contributed by atoms with van der Waals surface area (Å²) >= 11 is 0. The van der Waals surface area contributed by atoms with Crippen LogP contribution in [-0.2, 0) is 18.2 Å². The van der Waals surface area contributed by atoms with Crippen molar-refractivity contribution in [1.82, 2.24) is 14.4 Å². The van der Waals surface area contributed by atoms with Crippen LogP contribution in [0.5, 0.6) is 0 Å². The van der Waals surface area contributed by atoms with Crippen LogP contribution >= 0.6 is 0 Å². The van der Waals surface area contributed by atoms with Gasteiger partial charge in [0.25, 0.3) is 5.91 Å². The monoisotopic (exact) mass is 557 g/mol. The molecule has 5 nitrogen and oxygen atoms in total. The molecule has 1 fully saturated rings. The number of ether oxygens (including phenoxy) is 1. The minimum Gasteiger partial charge on any atom is -0.373 e. The molecular formula is C37H39N3O2. The van der Waals surface area contributed by atoms with Gasteiger partial charge in [0.15, 0.2) is 0 Å². The third-order valence-electron chi connectivity index (χ3n) is 9.28. The summed E-state index contributed by atoms with van der Waals surface area (Å²) in [6, 6.07) is 34.2. The van der Waals surface area contributed by atoms with Crippen LogP contribution in [0.2, 0.25) is 0 Å². The van der Waals surface area contributed by atoms with Crippen LogP contribution in [0.4, 0.5) is 0 Å². The summed E-state index contributed by atoms with van der Waals surface area (Å²) in [4.78, 5) is 19.0. The van der Waals surface area contributed by atoms with E-state index in [0.717, 1.165) is 37.2 Å². The van der Waals surface area contributed by atoms with Crippen LogP contribution in [0.15, 0.2) is 97.1 Å². The van der Waals surface area contributed by atoms with Crippen LogP contribution in [0.3, 0.4) is 0 Å². The number of nitrogens with zero attached hydrogens (tertiary/aromatic N) is 3. The molecule has 4 atom stereocenters. The van der Waals surface area contributed by atoms with Crippen molar-refractivity contribution in [2.45, 2.75) is 44.4 Å². The Morgan fingerprint density at radius 1 is 0.786 bits per heavy atom. The average Bonchev–Trinajstić information content (AvgIpc) is 3.29. The van der Waals surface area contributed by atoms with E-state index < -0.39 is 0 Å². The number of hydrogen-bond donors (Lipinski definition) is 0. The molecule has 214 valence electrons. The Balaban J connectivity index is 1.37. The SMILES string of the molecule is CC1CN(C[C@H]2c3ccccc3C(=O)N(CCc3ccccc3)[C@@H]2c2ccc3c(c2)c2ccccc2n3C)CC(C)O1. The number of carbonyl (C=O) groups is 1. The zero-order valence-corrected chi connectivity index (χ0v) is 24.7. The van der Waals surface area contributed by atoms with Gasteiger partial charge in [0.05, 0.1) is 18.2 Å². The van der Waals surface area contributed by atoms with Gasteiger partial charge in [0, 0.05) is 66.5 Å².